The molecule has 0 spiro atoms. The van der Waals surface area contributed by atoms with Crippen molar-refractivity contribution in [2.75, 3.05) is 0 Å². The lowest BCUT2D eigenvalue weighted by Gasteiger charge is -2.11. The number of ether oxygens (including phenoxy) is 1. The Balaban J connectivity index is 2.11. The van der Waals surface area contributed by atoms with Gasteiger partial charge in [-0.3, -0.25) is 10.2 Å². The highest BCUT2D eigenvalue weighted by molar-refractivity contribution is 14.1. The van der Waals surface area contributed by atoms with Crippen molar-refractivity contribution >= 4 is 28.5 Å². The number of hydrogen-bond acceptors (Lipinski definition) is 3. The van der Waals surface area contributed by atoms with Crippen LogP contribution in [-0.2, 0) is 6.61 Å². The van der Waals surface area contributed by atoms with E-state index in [4.69, 9.17) is 10.6 Å². The van der Waals surface area contributed by atoms with Crippen molar-refractivity contribution in [1.82, 2.24) is 5.43 Å². The molecule has 3 N–H and O–H groups in total. The molecule has 0 aliphatic carbocycles. The highest BCUT2D eigenvalue weighted by atomic mass is 127. The molecule has 0 unspecified atom stereocenters. The van der Waals surface area contributed by atoms with Gasteiger partial charge < -0.3 is 4.74 Å². The number of hydrogen-bond donors (Lipinski definition) is 2. The molecule has 2 rings (SSSR count). The Morgan fingerprint density at radius 3 is 2.70 bits per heavy atom. The van der Waals surface area contributed by atoms with E-state index in [2.05, 4.69) is 41.0 Å². The Kier molecular flexibility index (Phi) is 4.97. The molecule has 2 aromatic rings. The highest BCUT2D eigenvalue weighted by Gasteiger charge is 2.08. The van der Waals surface area contributed by atoms with Crippen molar-refractivity contribution in [1.29, 1.82) is 0 Å². The molecule has 0 fully saturated rings. The lowest BCUT2D eigenvalue weighted by atomic mass is 10.1. The van der Waals surface area contributed by atoms with Crippen LogP contribution in [0.25, 0.3) is 0 Å². The van der Waals surface area contributed by atoms with Crippen molar-refractivity contribution < 1.29 is 9.53 Å². The first kappa shape index (κ1) is 14.8. The Morgan fingerprint density at radius 1 is 1.30 bits per heavy atom. The smallest absolute Gasteiger partial charge is 0.265 e. The fraction of sp³-hybridized carbons (Fsp3) is 0.133. The molecule has 0 bridgehead atoms. The van der Waals surface area contributed by atoms with E-state index in [0.717, 1.165) is 14.9 Å². The summed E-state index contributed by atoms with van der Waals surface area (Å²) in [6.45, 7) is 2.56. The van der Waals surface area contributed by atoms with Gasteiger partial charge in [-0.25, -0.2) is 5.84 Å². The van der Waals surface area contributed by atoms with Crippen molar-refractivity contribution in [2.45, 2.75) is 13.5 Å². The molecule has 5 heteroatoms. The maximum atomic E-state index is 11.4. The number of halogens is 1. The minimum atomic E-state index is -0.312. The average molecular weight is 382 g/mol. The molecule has 0 atom stereocenters. The van der Waals surface area contributed by atoms with Gasteiger partial charge in [0.25, 0.3) is 5.91 Å². The van der Waals surface area contributed by atoms with Crippen LogP contribution in [0.3, 0.4) is 0 Å². The van der Waals surface area contributed by atoms with Crippen LogP contribution in [0.2, 0.25) is 0 Å². The second-order valence-corrected chi connectivity index (χ2v) is 5.50. The summed E-state index contributed by atoms with van der Waals surface area (Å²) in [5, 5.41) is 0. The van der Waals surface area contributed by atoms with E-state index in [0.29, 0.717) is 12.2 Å². The summed E-state index contributed by atoms with van der Waals surface area (Å²) >= 11 is 2.14. The van der Waals surface area contributed by atoms with Crippen LogP contribution in [0, 0.1) is 10.5 Å². The Labute approximate surface area is 131 Å². The molecule has 0 radical (unpaired) electrons. The molecule has 1 amide bonds. The number of nitrogens with two attached hydrogens (primary N) is 1. The summed E-state index contributed by atoms with van der Waals surface area (Å²) in [7, 11) is 0. The van der Waals surface area contributed by atoms with Gasteiger partial charge in [0.05, 0.1) is 3.57 Å². The predicted molar refractivity (Wildman–Crippen MR) is 86.3 cm³/mol. The molecule has 0 aliphatic rings. The lowest BCUT2D eigenvalue weighted by molar-refractivity contribution is 0.0953. The van der Waals surface area contributed by atoms with Gasteiger partial charge >= 0.3 is 0 Å². The van der Waals surface area contributed by atoms with Crippen LogP contribution < -0.4 is 16.0 Å². The first-order valence-electron chi connectivity index (χ1n) is 6.09. The van der Waals surface area contributed by atoms with Crippen LogP contribution in [-0.4, -0.2) is 5.91 Å². The van der Waals surface area contributed by atoms with Gasteiger partial charge in [0.15, 0.2) is 0 Å². The third-order valence-electron chi connectivity index (χ3n) is 2.97. The molecule has 20 heavy (non-hydrogen) atoms. The van der Waals surface area contributed by atoms with Crippen LogP contribution >= 0.6 is 22.6 Å². The van der Waals surface area contributed by atoms with Crippen molar-refractivity contribution in [3.05, 3.63) is 62.7 Å². The average Bonchev–Trinajstić information content (AvgIpc) is 2.46. The highest BCUT2D eigenvalue weighted by Crippen LogP contribution is 2.23. The van der Waals surface area contributed by atoms with Gasteiger partial charge in [-0.15, -0.1) is 0 Å². The minimum absolute atomic E-state index is 0.312. The quantitative estimate of drug-likeness (QED) is 0.370. The fourth-order valence-electron chi connectivity index (χ4n) is 1.77. The van der Waals surface area contributed by atoms with Crippen LogP contribution in [0.4, 0.5) is 0 Å². The van der Waals surface area contributed by atoms with Gasteiger partial charge in [-0.05, 0) is 58.8 Å². The molecule has 2 aromatic carbocycles. The number of carbonyl (C=O) groups excluding carboxylic acids is 1. The van der Waals surface area contributed by atoms with Gasteiger partial charge in [0.1, 0.15) is 12.4 Å². The Hall–Kier alpha value is -1.60. The summed E-state index contributed by atoms with van der Waals surface area (Å²) in [5.74, 6) is 5.55. The van der Waals surface area contributed by atoms with Crippen LogP contribution in [0.1, 0.15) is 21.5 Å². The second-order valence-electron chi connectivity index (χ2n) is 4.33. The van der Waals surface area contributed by atoms with E-state index in [1.165, 1.54) is 5.56 Å². The zero-order valence-electron chi connectivity index (χ0n) is 11.0. The van der Waals surface area contributed by atoms with Crippen molar-refractivity contribution in [3.63, 3.8) is 0 Å². The molecule has 0 aromatic heterocycles. The summed E-state index contributed by atoms with van der Waals surface area (Å²) in [5.41, 5.74) is 4.97. The Bertz CT molecular complexity index is 629. The van der Waals surface area contributed by atoms with E-state index in [1.54, 1.807) is 18.2 Å². The molecular formula is C15H15IN2O2. The van der Waals surface area contributed by atoms with Gasteiger partial charge in [0.2, 0.25) is 0 Å². The number of nitrogen functional groups attached to an aromatic ring is 1. The van der Waals surface area contributed by atoms with Crippen LogP contribution in [0.15, 0.2) is 42.5 Å². The third kappa shape index (κ3) is 3.49. The number of rotatable bonds is 4. The molecule has 0 heterocycles. The lowest BCUT2D eigenvalue weighted by Crippen LogP contribution is -2.29. The number of benzene rings is 2. The monoisotopic (exact) mass is 382 g/mol. The Morgan fingerprint density at radius 2 is 2.05 bits per heavy atom. The number of hydrazine groups is 1. The standard InChI is InChI=1S/C15H15IN2O2/c1-10-4-2-3-5-12(10)9-20-14-7-6-11(8-13(14)16)15(19)18-17/h2-8H,9,17H2,1H3,(H,18,19). The van der Waals surface area contributed by atoms with E-state index >= 15 is 0 Å². The predicted octanol–water partition coefficient (Wildman–Crippen LogP) is 2.78. The molecular weight excluding hydrogens is 367 g/mol. The number of nitrogens with one attached hydrogen (secondary N) is 1. The SMILES string of the molecule is Cc1ccccc1COc1ccc(C(=O)NN)cc1I. The van der Waals surface area contributed by atoms with Gasteiger partial charge in [-0.2, -0.15) is 0 Å². The molecule has 0 aliphatic heterocycles. The maximum Gasteiger partial charge on any atom is 0.265 e. The molecule has 0 saturated heterocycles. The molecule has 4 nitrogen and oxygen atoms in total. The van der Waals surface area contributed by atoms with E-state index < -0.39 is 0 Å². The zero-order valence-corrected chi connectivity index (χ0v) is 13.2. The first-order chi connectivity index (χ1) is 9.61. The number of amides is 1. The summed E-state index contributed by atoms with van der Waals surface area (Å²) in [6, 6.07) is 13.3. The fourth-order valence-corrected chi connectivity index (χ4v) is 2.44. The topological polar surface area (TPSA) is 64.3 Å². The largest absolute Gasteiger partial charge is 0.488 e. The van der Waals surface area contributed by atoms with Crippen molar-refractivity contribution in [2.24, 2.45) is 5.84 Å². The number of carbonyl (C=O) groups is 1. The summed E-state index contributed by atoms with van der Waals surface area (Å²) in [4.78, 5) is 11.4. The van der Waals surface area contributed by atoms with Crippen molar-refractivity contribution in [3.8, 4) is 5.75 Å². The summed E-state index contributed by atoms with van der Waals surface area (Å²) < 4.78 is 6.67. The first-order valence-corrected chi connectivity index (χ1v) is 7.17. The second kappa shape index (κ2) is 6.71. The van der Waals surface area contributed by atoms with Gasteiger partial charge in [0, 0.05) is 5.56 Å². The van der Waals surface area contributed by atoms with E-state index in [-0.39, 0.29) is 5.91 Å². The van der Waals surface area contributed by atoms with E-state index in [9.17, 15) is 4.79 Å². The van der Waals surface area contributed by atoms with Gasteiger partial charge in [-0.1, -0.05) is 24.3 Å². The van der Waals surface area contributed by atoms with Crippen LogP contribution in [0.5, 0.6) is 5.75 Å². The zero-order chi connectivity index (χ0) is 14.5. The minimum Gasteiger partial charge on any atom is -0.488 e. The molecule has 104 valence electrons. The third-order valence-corrected chi connectivity index (χ3v) is 3.81. The molecule has 0 saturated carbocycles. The maximum absolute atomic E-state index is 11.4. The van der Waals surface area contributed by atoms with E-state index in [1.807, 2.05) is 18.2 Å². The normalized spacial score (nSPS) is 10.2. The summed E-state index contributed by atoms with van der Waals surface area (Å²) in [6.07, 6.45) is 0. The number of aryl methyl sites for hydroxylation is 1.